The number of phenolic OH excluding ortho intramolecular Hbond substituents is 1. The molecule has 3 nitrogen and oxygen atoms in total. The fourth-order valence-corrected chi connectivity index (χ4v) is 2.53. The van der Waals surface area contributed by atoms with Gasteiger partial charge in [0.15, 0.2) is 0 Å². The minimum atomic E-state index is -0.637. The summed E-state index contributed by atoms with van der Waals surface area (Å²) in [5, 5.41) is 22.5. The second-order valence-corrected chi connectivity index (χ2v) is 5.24. The smallest absolute Gasteiger partial charge is 0.131 e. The van der Waals surface area contributed by atoms with Crippen LogP contribution in [0, 0.1) is 5.82 Å². The summed E-state index contributed by atoms with van der Waals surface area (Å²) in [6.07, 6.45) is 3.73. The van der Waals surface area contributed by atoms with Gasteiger partial charge in [-0.15, -0.1) is 0 Å². The lowest BCUT2D eigenvalue weighted by molar-refractivity contribution is 0.0452. The summed E-state index contributed by atoms with van der Waals surface area (Å²) in [6.45, 7) is 2.34. The Morgan fingerprint density at radius 2 is 2.06 bits per heavy atom. The summed E-state index contributed by atoms with van der Waals surface area (Å²) in [5.74, 6) is -0.494. The molecule has 4 heteroatoms. The Labute approximate surface area is 107 Å². The molecule has 0 saturated heterocycles. The molecule has 0 heterocycles. The molecule has 1 unspecified atom stereocenters. The van der Waals surface area contributed by atoms with Gasteiger partial charge in [-0.1, -0.05) is 18.9 Å². The Bertz CT molecular complexity index is 416. The maximum atomic E-state index is 13.6. The topological polar surface area (TPSA) is 52.5 Å². The molecule has 2 rings (SSSR count). The number of benzene rings is 1. The molecule has 1 fully saturated rings. The Kier molecular flexibility index (Phi) is 3.88. The van der Waals surface area contributed by atoms with Crippen molar-refractivity contribution in [1.29, 1.82) is 0 Å². The van der Waals surface area contributed by atoms with Crippen LogP contribution in [-0.4, -0.2) is 22.4 Å². The average Bonchev–Trinajstić information content (AvgIpc) is 2.74. The number of halogens is 1. The lowest BCUT2D eigenvalue weighted by atomic mass is 10.0. The highest BCUT2D eigenvalue weighted by Crippen LogP contribution is 2.29. The summed E-state index contributed by atoms with van der Waals surface area (Å²) >= 11 is 0. The number of phenols is 1. The van der Waals surface area contributed by atoms with Crippen molar-refractivity contribution in [3.63, 3.8) is 0 Å². The van der Waals surface area contributed by atoms with E-state index < -0.39 is 11.4 Å². The van der Waals surface area contributed by atoms with Crippen molar-refractivity contribution in [1.82, 2.24) is 5.32 Å². The molecule has 1 aromatic rings. The molecule has 0 bridgehead atoms. The number of hydrogen-bond acceptors (Lipinski definition) is 3. The molecule has 0 radical (unpaired) electrons. The van der Waals surface area contributed by atoms with E-state index in [2.05, 4.69) is 5.32 Å². The third-order valence-corrected chi connectivity index (χ3v) is 3.72. The minimum absolute atomic E-state index is 0.0714. The average molecular weight is 253 g/mol. The highest BCUT2D eigenvalue weighted by atomic mass is 19.1. The molecular formula is C14H20FNO2. The van der Waals surface area contributed by atoms with Crippen molar-refractivity contribution in [3.8, 4) is 5.75 Å². The molecule has 1 atom stereocenters. The van der Waals surface area contributed by atoms with E-state index in [0.717, 1.165) is 31.7 Å². The van der Waals surface area contributed by atoms with Gasteiger partial charge in [0.2, 0.25) is 0 Å². The van der Waals surface area contributed by atoms with Gasteiger partial charge in [0.25, 0.3) is 0 Å². The molecule has 0 aliphatic heterocycles. The van der Waals surface area contributed by atoms with Gasteiger partial charge in [-0.25, -0.2) is 4.39 Å². The Morgan fingerprint density at radius 1 is 1.39 bits per heavy atom. The van der Waals surface area contributed by atoms with Gasteiger partial charge >= 0.3 is 0 Å². The van der Waals surface area contributed by atoms with Crippen molar-refractivity contribution in [2.24, 2.45) is 0 Å². The van der Waals surface area contributed by atoms with E-state index in [9.17, 15) is 9.50 Å². The molecule has 0 spiro atoms. The maximum Gasteiger partial charge on any atom is 0.131 e. The second-order valence-electron chi connectivity index (χ2n) is 5.24. The van der Waals surface area contributed by atoms with Crippen LogP contribution in [0.1, 0.15) is 44.2 Å². The van der Waals surface area contributed by atoms with E-state index in [1.165, 1.54) is 6.07 Å². The van der Waals surface area contributed by atoms with Gasteiger partial charge in [0.1, 0.15) is 11.6 Å². The van der Waals surface area contributed by atoms with Crippen LogP contribution in [-0.2, 0) is 0 Å². The highest BCUT2D eigenvalue weighted by molar-refractivity contribution is 5.29. The summed E-state index contributed by atoms with van der Waals surface area (Å²) < 4.78 is 13.6. The van der Waals surface area contributed by atoms with Gasteiger partial charge in [0.05, 0.1) is 5.60 Å². The zero-order valence-corrected chi connectivity index (χ0v) is 10.6. The van der Waals surface area contributed by atoms with Crippen LogP contribution >= 0.6 is 0 Å². The van der Waals surface area contributed by atoms with Crippen molar-refractivity contribution in [3.05, 3.63) is 29.6 Å². The number of aliphatic hydroxyl groups is 1. The van der Waals surface area contributed by atoms with E-state index >= 15 is 0 Å². The Balaban J connectivity index is 1.97. The number of aromatic hydroxyl groups is 1. The molecule has 0 aromatic heterocycles. The zero-order chi connectivity index (χ0) is 13.2. The van der Waals surface area contributed by atoms with Gasteiger partial charge in [-0.3, -0.25) is 0 Å². The van der Waals surface area contributed by atoms with Gasteiger partial charge in [-0.05, 0) is 25.8 Å². The van der Waals surface area contributed by atoms with Crippen molar-refractivity contribution < 1.29 is 14.6 Å². The molecule has 1 aromatic carbocycles. The summed E-state index contributed by atoms with van der Waals surface area (Å²) in [5.41, 5.74) is -0.129. The first-order chi connectivity index (χ1) is 8.50. The van der Waals surface area contributed by atoms with Crippen LogP contribution < -0.4 is 5.32 Å². The van der Waals surface area contributed by atoms with Crippen LogP contribution in [0.4, 0.5) is 4.39 Å². The normalized spacial score (nSPS) is 19.9. The standard InChI is InChI=1S/C14H20FNO2/c1-10(12-5-4-11(17)8-13(12)15)16-9-14(18)6-2-3-7-14/h4-5,8,10,16-18H,2-3,6-7,9H2,1H3. The Morgan fingerprint density at radius 3 is 2.67 bits per heavy atom. The van der Waals surface area contributed by atoms with Crippen LogP contribution in [0.25, 0.3) is 0 Å². The van der Waals surface area contributed by atoms with E-state index in [1.54, 1.807) is 6.07 Å². The zero-order valence-electron chi connectivity index (χ0n) is 10.6. The van der Waals surface area contributed by atoms with Crippen molar-refractivity contribution in [2.45, 2.75) is 44.2 Å². The molecule has 1 saturated carbocycles. The first-order valence-electron chi connectivity index (χ1n) is 6.44. The van der Waals surface area contributed by atoms with Gasteiger partial charge < -0.3 is 15.5 Å². The Hall–Kier alpha value is -1.13. The van der Waals surface area contributed by atoms with Crippen LogP contribution in [0.5, 0.6) is 5.75 Å². The molecular weight excluding hydrogens is 233 g/mol. The third kappa shape index (κ3) is 3.00. The van der Waals surface area contributed by atoms with Crippen LogP contribution in [0.15, 0.2) is 18.2 Å². The third-order valence-electron chi connectivity index (χ3n) is 3.72. The summed E-state index contributed by atoms with van der Waals surface area (Å²) in [6, 6.07) is 3.97. The second kappa shape index (κ2) is 5.24. The molecule has 1 aliphatic carbocycles. The lowest BCUT2D eigenvalue weighted by Gasteiger charge is -2.25. The highest BCUT2D eigenvalue weighted by Gasteiger charge is 2.31. The fraction of sp³-hybridized carbons (Fsp3) is 0.571. The lowest BCUT2D eigenvalue weighted by Crippen LogP contribution is -2.39. The maximum absolute atomic E-state index is 13.6. The molecule has 3 N–H and O–H groups in total. The summed E-state index contributed by atoms with van der Waals surface area (Å²) in [7, 11) is 0. The minimum Gasteiger partial charge on any atom is -0.508 e. The summed E-state index contributed by atoms with van der Waals surface area (Å²) in [4.78, 5) is 0. The predicted octanol–water partition coefficient (Wildman–Crippen LogP) is 2.49. The predicted molar refractivity (Wildman–Crippen MR) is 67.9 cm³/mol. The van der Waals surface area contributed by atoms with Gasteiger partial charge in [-0.2, -0.15) is 0 Å². The number of hydrogen-bond donors (Lipinski definition) is 3. The van der Waals surface area contributed by atoms with Crippen LogP contribution in [0.2, 0.25) is 0 Å². The number of rotatable bonds is 4. The van der Waals surface area contributed by atoms with Crippen molar-refractivity contribution >= 4 is 0 Å². The number of nitrogens with one attached hydrogen (secondary N) is 1. The van der Waals surface area contributed by atoms with E-state index in [1.807, 2.05) is 6.92 Å². The van der Waals surface area contributed by atoms with E-state index in [4.69, 9.17) is 5.11 Å². The first kappa shape index (κ1) is 13.3. The molecule has 100 valence electrons. The van der Waals surface area contributed by atoms with E-state index in [-0.39, 0.29) is 11.8 Å². The molecule has 0 amide bonds. The fourth-order valence-electron chi connectivity index (χ4n) is 2.53. The molecule has 1 aliphatic rings. The molecule has 18 heavy (non-hydrogen) atoms. The van der Waals surface area contributed by atoms with E-state index in [0.29, 0.717) is 12.1 Å². The van der Waals surface area contributed by atoms with Crippen molar-refractivity contribution in [2.75, 3.05) is 6.54 Å². The largest absolute Gasteiger partial charge is 0.508 e. The SMILES string of the molecule is CC(NCC1(O)CCCC1)c1ccc(O)cc1F. The van der Waals surface area contributed by atoms with Gasteiger partial charge in [0, 0.05) is 24.2 Å². The van der Waals surface area contributed by atoms with Crippen LogP contribution in [0.3, 0.4) is 0 Å². The monoisotopic (exact) mass is 253 g/mol. The quantitative estimate of drug-likeness (QED) is 0.772. The first-order valence-corrected chi connectivity index (χ1v) is 6.44.